The normalized spacial score (nSPS) is 40.3. The molecule has 1 saturated heterocycles. The van der Waals surface area contributed by atoms with E-state index in [1.807, 2.05) is 4.90 Å². The van der Waals surface area contributed by atoms with E-state index in [-0.39, 0.29) is 17.9 Å². The average Bonchev–Trinajstić information content (AvgIpc) is 3.12. The molecule has 2 saturated carbocycles. The highest BCUT2D eigenvalue weighted by atomic mass is 16.2. The van der Waals surface area contributed by atoms with Crippen LogP contribution in [0.15, 0.2) is 0 Å². The fourth-order valence-electron chi connectivity index (χ4n) is 3.63. The lowest BCUT2D eigenvalue weighted by Crippen LogP contribution is -2.53. The standard InChI is InChI=1S/C13H19N3O/c14-7-9-8-15-5-6-16(9)13(17)12-10-3-1-2-4-11(10)12/h9-12,15H,1-6,8H2. The van der Waals surface area contributed by atoms with Crippen molar-refractivity contribution in [1.82, 2.24) is 10.2 Å². The lowest BCUT2D eigenvalue weighted by atomic mass is 10.0. The molecule has 0 aromatic rings. The molecule has 0 bridgehead atoms. The number of hydrogen-bond acceptors (Lipinski definition) is 3. The maximum atomic E-state index is 12.4. The number of nitrogens with zero attached hydrogens (tertiary/aromatic N) is 2. The number of carbonyl (C=O) groups excluding carboxylic acids is 1. The van der Waals surface area contributed by atoms with Crippen molar-refractivity contribution in [3.63, 3.8) is 0 Å². The van der Waals surface area contributed by atoms with E-state index < -0.39 is 0 Å². The second kappa shape index (κ2) is 4.30. The molecule has 92 valence electrons. The van der Waals surface area contributed by atoms with E-state index in [4.69, 9.17) is 5.26 Å². The van der Waals surface area contributed by atoms with Gasteiger partial charge in [-0.2, -0.15) is 5.26 Å². The molecule has 1 aliphatic heterocycles. The molecule has 1 heterocycles. The molecule has 17 heavy (non-hydrogen) atoms. The lowest BCUT2D eigenvalue weighted by Gasteiger charge is -2.32. The van der Waals surface area contributed by atoms with Gasteiger partial charge in [0, 0.05) is 25.6 Å². The van der Waals surface area contributed by atoms with Crippen LogP contribution in [0.3, 0.4) is 0 Å². The van der Waals surface area contributed by atoms with Crippen molar-refractivity contribution in [3.05, 3.63) is 0 Å². The molecule has 3 fully saturated rings. The van der Waals surface area contributed by atoms with Gasteiger partial charge in [0.15, 0.2) is 0 Å². The highest BCUT2D eigenvalue weighted by molar-refractivity contribution is 5.83. The van der Waals surface area contributed by atoms with E-state index in [9.17, 15) is 4.79 Å². The first-order chi connectivity index (χ1) is 8.33. The van der Waals surface area contributed by atoms with E-state index in [0.29, 0.717) is 24.9 Å². The molecule has 0 aromatic carbocycles. The van der Waals surface area contributed by atoms with Crippen LogP contribution in [0.4, 0.5) is 0 Å². The van der Waals surface area contributed by atoms with E-state index in [1.165, 1.54) is 25.7 Å². The second-order valence-corrected chi connectivity index (χ2v) is 5.52. The summed E-state index contributed by atoms with van der Waals surface area (Å²) in [6, 6.07) is 1.99. The van der Waals surface area contributed by atoms with Gasteiger partial charge in [0.1, 0.15) is 6.04 Å². The average molecular weight is 233 g/mol. The van der Waals surface area contributed by atoms with Gasteiger partial charge in [0.25, 0.3) is 0 Å². The van der Waals surface area contributed by atoms with Gasteiger partial charge in [-0.1, -0.05) is 12.8 Å². The first-order valence-corrected chi connectivity index (χ1v) is 6.73. The van der Waals surface area contributed by atoms with Gasteiger partial charge in [-0.15, -0.1) is 0 Å². The zero-order valence-corrected chi connectivity index (χ0v) is 10.1. The van der Waals surface area contributed by atoms with Gasteiger partial charge in [0.2, 0.25) is 5.91 Å². The molecule has 0 spiro atoms. The van der Waals surface area contributed by atoms with E-state index in [1.54, 1.807) is 0 Å². The largest absolute Gasteiger partial charge is 0.324 e. The highest BCUT2D eigenvalue weighted by Crippen LogP contribution is 2.56. The molecule has 3 atom stereocenters. The number of carbonyl (C=O) groups is 1. The van der Waals surface area contributed by atoms with Crippen molar-refractivity contribution in [3.8, 4) is 6.07 Å². The summed E-state index contributed by atoms with van der Waals surface area (Å²) in [5.41, 5.74) is 0. The lowest BCUT2D eigenvalue weighted by molar-refractivity contribution is -0.135. The molecule has 3 aliphatic rings. The Morgan fingerprint density at radius 2 is 2.00 bits per heavy atom. The van der Waals surface area contributed by atoms with Gasteiger partial charge in [-0.3, -0.25) is 4.79 Å². The summed E-state index contributed by atoms with van der Waals surface area (Å²) in [6.45, 7) is 2.16. The van der Waals surface area contributed by atoms with Gasteiger partial charge in [0.05, 0.1) is 6.07 Å². The molecule has 4 heteroatoms. The molecular weight excluding hydrogens is 214 g/mol. The Kier molecular flexibility index (Phi) is 2.79. The molecule has 1 N–H and O–H groups in total. The van der Waals surface area contributed by atoms with Crippen LogP contribution in [-0.2, 0) is 4.79 Å². The van der Waals surface area contributed by atoms with E-state index in [2.05, 4.69) is 11.4 Å². The van der Waals surface area contributed by atoms with Gasteiger partial charge in [-0.05, 0) is 24.7 Å². The zero-order chi connectivity index (χ0) is 11.8. The topological polar surface area (TPSA) is 56.1 Å². The highest BCUT2D eigenvalue weighted by Gasteiger charge is 2.56. The van der Waals surface area contributed by atoms with Gasteiger partial charge < -0.3 is 10.2 Å². The van der Waals surface area contributed by atoms with Gasteiger partial charge in [-0.25, -0.2) is 0 Å². The molecule has 4 nitrogen and oxygen atoms in total. The Labute approximate surface area is 102 Å². The Balaban J connectivity index is 1.68. The molecule has 0 aromatic heterocycles. The summed E-state index contributed by atoms with van der Waals surface area (Å²) in [7, 11) is 0. The number of hydrogen-bond donors (Lipinski definition) is 1. The maximum absolute atomic E-state index is 12.4. The Morgan fingerprint density at radius 3 is 2.65 bits per heavy atom. The molecule has 0 radical (unpaired) electrons. The number of rotatable bonds is 1. The zero-order valence-electron chi connectivity index (χ0n) is 10.1. The molecule has 1 amide bonds. The van der Waals surface area contributed by atoms with Crippen molar-refractivity contribution in [2.45, 2.75) is 31.7 Å². The van der Waals surface area contributed by atoms with Crippen molar-refractivity contribution in [2.75, 3.05) is 19.6 Å². The number of nitriles is 1. The number of nitrogens with one attached hydrogen (secondary N) is 1. The number of fused-ring (bicyclic) bond motifs is 1. The Morgan fingerprint density at radius 1 is 1.29 bits per heavy atom. The Hall–Kier alpha value is -1.08. The van der Waals surface area contributed by atoms with Crippen LogP contribution < -0.4 is 5.32 Å². The summed E-state index contributed by atoms with van der Waals surface area (Å²) in [4.78, 5) is 14.3. The third kappa shape index (κ3) is 1.83. The van der Waals surface area contributed by atoms with Crippen LogP contribution in [0.2, 0.25) is 0 Å². The van der Waals surface area contributed by atoms with Gasteiger partial charge >= 0.3 is 0 Å². The minimum atomic E-state index is -0.251. The van der Waals surface area contributed by atoms with Crippen molar-refractivity contribution in [1.29, 1.82) is 5.26 Å². The quantitative estimate of drug-likeness (QED) is 0.727. The number of amides is 1. The minimum Gasteiger partial charge on any atom is -0.324 e. The molecule has 3 rings (SSSR count). The summed E-state index contributed by atoms with van der Waals surface area (Å²) in [5, 5.41) is 12.3. The minimum absolute atomic E-state index is 0.251. The van der Waals surface area contributed by atoms with Crippen molar-refractivity contribution in [2.24, 2.45) is 17.8 Å². The summed E-state index contributed by atoms with van der Waals surface area (Å²) < 4.78 is 0. The van der Waals surface area contributed by atoms with Crippen LogP contribution in [-0.4, -0.2) is 36.5 Å². The molecule has 2 aliphatic carbocycles. The second-order valence-electron chi connectivity index (χ2n) is 5.52. The van der Waals surface area contributed by atoms with Crippen LogP contribution in [0, 0.1) is 29.1 Å². The molecule has 3 unspecified atom stereocenters. The predicted octanol–water partition coefficient (Wildman–Crippen LogP) is 0.747. The van der Waals surface area contributed by atoms with Crippen LogP contribution in [0.1, 0.15) is 25.7 Å². The third-order valence-corrected chi connectivity index (χ3v) is 4.62. The first kappa shape index (κ1) is 11.0. The molecular formula is C13H19N3O. The summed E-state index contributed by atoms with van der Waals surface area (Å²) in [6.07, 6.45) is 5.02. The van der Waals surface area contributed by atoms with Crippen LogP contribution >= 0.6 is 0 Å². The van der Waals surface area contributed by atoms with Crippen LogP contribution in [0.5, 0.6) is 0 Å². The summed E-state index contributed by atoms with van der Waals surface area (Å²) in [5.74, 6) is 1.80. The monoisotopic (exact) mass is 233 g/mol. The number of piperazine rings is 1. The Bertz CT molecular complexity index is 350. The van der Waals surface area contributed by atoms with Crippen molar-refractivity contribution >= 4 is 5.91 Å². The van der Waals surface area contributed by atoms with Crippen molar-refractivity contribution < 1.29 is 4.79 Å². The fourth-order valence-corrected chi connectivity index (χ4v) is 3.63. The summed E-state index contributed by atoms with van der Waals surface area (Å²) >= 11 is 0. The van der Waals surface area contributed by atoms with Crippen LogP contribution in [0.25, 0.3) is 0 Å². The van der Waals surface area contributed by atoms with E-state index >= 15 is 0 Å². The SMILES string of the molecule is N#CC1CNCCN1C(=O)C1C2CCCCC21. The predicted molar refractivity (Wildman–Crippen MR) is 62.9 cm³/mol. The maximum Gasteiger partial charge on any atom is 0.227 e. The smallest absolute Gasteiger partial charge is 0.227 e. The first-order valence-electron chi connectivity index (χ1n) is 6.73. The fraction of sp³-hybridized carbons (Fsp3) is 0.846. The van der Waals surface area contributed by atoms with E-state index in [0.717, 1.165) is 6.54 Å². The third-order valence-electron chi connectivity index (χ3n) is 4.62.